The van der Waals surface area contributed by atoms with Gasteiger partial charge in [-0.25, -0.2) is 15.0 Å². The monoisotopic (exact) mass is 422 g/mol. The van der Waals surface area contributed by atoms with Gasteiger partial charge >= 0.3 is 0 Å². The Morgan fingerprint density at radius 1 is 1.19 bits per heavy atom. The van der Waals surface area contributed by atoms with Crippen molar-refractivity contribution in [2.75, 3.05) is 26.3 Å². The molecule has 0 amide bonds. The Morgan fingerprint density at radius 3 is 2.81 bits per heavy atom. The minimum Gasteiger partial charge on any atom is -0.382 e. The van der Waals surface area contributed by atoms with Crippen LogP contribution in [0.1, 0.15) is 57.1 Å². The number of pyridine rings is 1. The number of hydrogen-bond acceptors (Lipinski definition) is 6. The second-order valence-corrected chi connectivity index (χ2v) is 9.31. The molecule has 4 heterocycles. The second-order valence-electron chi connectivity index (χ2n) is 9.31. The zero-order valence-electron chi connectivity index (χ0n) is 19.2. The molecule has 166 valence electrons. The molecule has 0 spiro atoms. The zero-order chi connectivity index (χ0) is 21.9. The normalized spacial score (nSPS) is 20.0. The van der Waals surface area contributed by atoms with Crippen molar-refractivity contribution in [3.05, 3.63) is 47.9 Å². The highest BCUT2D eigenvalue weighted by molar-refractivity contribution is 5.68. The van der Waals surface area contributed by atoms with Gasteiger partial charge in [0.15, 0.2) is 5.65 Å². The minimum atomic E-state index is -0.0526. The summed E-state index contributed by atoms with van der Waals surface area (Å²) in [6.07, 6.45) is 9.59. The van der Waals surface area contributed by atoms with Crippen LogP contribution in [-0.4, -0.2) is 56.1 Å². The molecule has 1 atom stereocenters. The highest BCUT2D eigenvalue weighted by Gasteiger charge is 2.43. The maximum atomic E-state index is 5.77. The van der Waals surface area contributed by atoms with Gasteiger partial charge in [0.1, 0.15) is 17.7 Å². The SMILES string of the molecule is CCOCC[C@]1(CCc2nc3ncncc3[nH]2)CCN(C(C)(C)c2ccc(C)nc2)C1. The molecule has 4 rings (SSSR count). The number of nitrogens with one attached hydrogen (secondary N) is 1. The van der Waals surface area contributed by atoms with Crippen molar-refractivity contribution in [3.8, 4) is 0 Å². The van der Waals surface area contributed by atoms with Crippen molar-refractivity contribution in [2.24, 2.45) is 5.41 Å². The second kappa shape index (κ2) is 9.01. The number of rotatable bonds is 9. The Kier molecular flexibility index (Phi) is 6.34. The summed E-state index contributed by atoms with van der Waals surface area (Å²) < 4.78 is 5.77. The van der Waals surface area contributed by atoms with E-state index < -0.39 is 0 Å². The van der Waals surface area contributed by atoms with Gasteiger partial charge in [-0.1, -0.05) is 6.07 Å². The molecule has 0 unspecified atom stereocenters. The molecular formula is C24H34N6O. The standard InChI is InChI=1S/C24H34N6O/c1-5-31-13-11-24(9-8-21-28-20-15-25-17-27-22(20)29-21)10-12-30(16-24)23(3,4)19-7-6-18(2)26-14-19/h6-7,14-15,17H,5,8-13,16H2,1-4H3,(H,25,27,28,29)/t24-/m0/s1. The molecule has 1 aliphatic rings. The van der Waals surface area contributed by atoms with E-state index >= 15 is 0 Å². The molecule has 7 heteroatoms. The minimum absolute atomic E-state index is 0.0526. The first kappa shape index (κ1) is 21.8. The Hall–Kier alpha value is -2.38. The van der Waals surface area contributed by atoms with Gasteiger partial charge < -0.3 is 9.72 Å². The molecule has 0 saturated carbocycles. The summed E-state index contributed by atoms with van der Waals surface area (Å²) in [6, 6.07) is 4.33. The van der Waals surface area contributed by atoms with Gasteiger partial charge in [0.05, 0.1) is 6.20 Å². The molecule has 1 fully saturated rings. The first-order valence-electron chi connectivity index (χ1n) is 11.3. The van der Waals surface area contributed by atoms with E-state index in [-0.39, 0.29) is 11.0 Å². The van der Waals surface area contributed by atoms with E-state index in [1.165, 1.54) is 12.0 Å². The van der Waals surface area contributed by atoms with Crippen molar-refractivity contribution < 1.29 is 4.74 Å². The number of aromatic amines is 1. The third kappa shape index (κ3) is 4.77. The lowest BCUT2D eigenvalue weighted by Gasteiger charge is -2.38. The Morgan fingerprint density at radius 2 is 2.06 bits per heavy atom. The Bertz CT molecular complexity index is 966. The van der Waals surface area contributed by atoms with Crippen LogP contribution in [0.5, 0.6) is 0 Å². The zero-order valence-corrected chi connectivity index (χ0v) is 19.2. The van der Waals surface area contributed by atoms with Crippen molar-refractivity contribution in [2.45, 2.75) is 58.9 Å². The van der Waals surface area contributed by atoms with E-state index in [9.17, 15) is 0 Å². The lowest BCUT2D eigenvalue weighted by atomic mass is 9.79. The number of ether oxygens (including phenoxy) is 1. The average Bonchev–Trinajstić information content (AvgIpc) is 3.38. The quantitative estimate of drug-likeness (QED) is 0.524. The van der Waals surface area contributed by atoms with E-state index in [2.05, 4.69) is 62.7 Å². The van der Waals surface area contributed by atoms with Gasteiger partial charge in [0, 0.05) is 43.6 Å². The van der Waals surface area contributed by atoms with Gasteiger partial charge in [0.25, 0.3) is 0 Å². The van der Waals surface area contributed by atoms with Crippen LogP contribution in [0.2, 0.25) is 0 Å². The summed E-state index contributed by atoms with van der Waals surface area (Å²) >= 11 is 0. The Labute approximate surface area is 184 Å². The third-order valence-electron chi connectivity index (χ3n) is 6.93. The van der Waals surface area contributed by atoms with E-state index in [1.807, 2.05) is 13.1 Å². The molecule has 0 aliphatic carbocycles. The highest BCUT2D eigenvalue weighted by Crippen LogP contribution is 2.43. The van der Waals surface area contributed by atoms with E-state index in [1.54, 1.807) is 12.5 Å². The molecule has 1 N–H and O–H groups in total. The van der Waals surface area contributed by atoms with Crippen molar-refractivity contribution in [1.82, 2.24) is 29.8 Å². The molecule has 0 bridgehead atoms. The van der Waals surface area contributed by atoms with Gasteiger partial charge in [-0.2, -0.15) is 0 Å². The number of nitrogens with zero attached hydrogens (tertiary/aromatic N) is 5. The lowest BCUT2D eigenvalue weighted by molar-refractivity contribution is 0.0833. The number of fused-ring (bicyclic) bond motifs is 1. The summed E-state index contributed by atoms with van der Waals surface area (Å²) in [5.41, 5.74) is 4.14. The van der Waals surface area contributed by atoms with Crippen LogP contribution in [0.25, 0.3) is 11.2 Å². The molecule has 1 aliphatic heterocycles. The molecule has 3 aromatic heterocycles. The molecule has 0 aromatic carbocycles. The van der Waals surface area contributed by atoms with Crippen LogP contribution in [0.3, 0.4) is 0 Å². The fraction of sp³-hybridized carbons (Fsp3) is 0.583. The van der Waals surface area contributed by atoms with Crippen LogP contribution in [0.4, 0.5) is 0 Å². The summed E-state index contributed by atoms with van der Waals surface area (Å²) in [4.78, 5) is 23.6. The lowest BCUT2D eigenvalue weighted by Crippen LogP contribution is -2.41. The molecule has 0 radical (unpaired) electrons. The maximum Gasteiger partial charge on any atom is 0.180 e. The Balaban J connectivity index is 1.49. The first-order valence-corrected chi connectivity index (χ1v) is 11.3. The maximum absolute atomic E-state index is 5.77. The van der Waals surface area contributed by atoms with Gasteiger partial charge in [0.2, 0.25) is 0 Å². The highest BCUT2D eigenvalue weighted by atomic mass is 16.5. The summed E-state index contributed by atoms with van der Waals surface area (Å²) in [6.45, 7) is 12.4. The van der Waals surface area contributed by atoms with Crippen LogP contribution >= 0.6 is 0 Å². The van der Waals surface area contributed by atoms with Crippen LogP contribution < -0.4 is 0 Å². The smallest absolute Gasteiger partial charge is 0.180 e. The summed E-state index contributed by atoms with van der Waals surface area (Å²) in [5, 5.41) is 0. The summed E-state index contributed by atoms with van der Waals surface area (Å²) in [5.74, 6) is 0.992. The fourth-order valence-corrected chi connectivity index (χ4v) is 4.70. The molecule has 7 nitrogen and oxygen atoms in total. The van der Waals surface area contributed by atoms with Crippen LogP contribution in [0.15, 0.2) is 30.9 Å². The van der Waals surface area contributed by atoms with Gasteiger partial charge in [-0.15, -0.1) is 0 Å². The topological polar surface area (TPSA) is 79.8 Å². The third-order valence-corrected chi connectivity index (χ3v) is 6.93. The predicted octanol–water partition coefficient (Wildman–Crippen LogP) is 4.04. The largest absolute Gasteiger partial charge is 0.382 e. The molecular weight excluding hydrogens is 388 g/mol. The number of aryl methyl sites for hydroxylation is 2. The average molecular weight is 423 g/mol. The first-order chi connectivity index (χ1) is 14.9. The van der Waals surface area contributed by atoms with Crippen LogP contribution in [-0.2, 0) is 16.7 Å². The van der Waals surface area contributed by atoms with Gasteiger partial charge in [-0.3, -0.25) is 9.88 Å². The molecule has 1 saturated heterocycles. The number of hydrogen-bond donors (Lipinski definition) is 1. The van der Waals surface area contributed by atoms with Crippen molar-refractivity contribution in [1.29, 1.82) is 0 Å². The van der Waals surface area contributed by atoms with Gasteiger partial charge in [-0.05, 0) is 70.5 Å². The van der Waals surface area contributed by atoms with E-state index in [0.29, 0.717) is 0 Å². The fourth-order valence-electron chi connectivity index (χ4n) is 4.70. The van der Waals surface area contributed by atoms with E-state index in [4.69, 9.17) is 4.74 Å². The number of likely N-dealkylation sites (tertiary alicyclic amines) is 1. The van der Waals surface area contributed by atoms with Crippen molar-refractivity contribution in [3.63, 3.8) is 0 Å². The van der Waals surface area contributed by atoms with Crippen LogP contribution in [0, 0.1) is 12.3 Å². The molecule has 31 heavy (non-hydrogen) atoms. The predicted molar refractivity (Wildman–Crippen MR) is 122 cm³/mol. The van der Waals surface area contributed by atoms with E-state index in [0.717, 1.165) is 68.2 Å². The number of imidazole rings is 1. The number of aromatic nitrogens is 5. The number of H-pyrrole nitrogens is 1. The molecule has 3 aromatic rings. The summed E-state index contributed by atoms with van der Waals surface area (Å²) in [7, 11) is 0. The van der Waals surface area contributed by atoms with Crippen molar-refractivity contribution >= 4 is 11.2 Å².